The first kappa shape index (κ1) is 23.1. The Morgan fingerprint density at radius 3 is 2.46 bits per heavy atom. The van der Waals surface area contributed by atoms with E-state index in [2.05, 4.69) is 19.9 Å². The van der Waals surface area contributed by atoms with Crippen molar-refractivity contribution in [3.63, 3.8) is 0 Å². The van der Waals surface area contributed by atoms with Gasteiger partial charge in [-0.25, -0.2) is 9.78 Å². The molecule has 0 aliphatic heterocycles. The number of thioether (sulfide) groups is 1. The molecule has 6 heteroatoms. The summed E-state index contributed by atoms with van der Waals surface area (Å²) in [4.78, 5) is 30.6. The van der Waals surface area contributed by atoms with Gasteiger partial charge < -0.3 is 4.42 Å². The van der Waals surface area contributed by atoms with Gasteiger partial charge in [-0.15, -0.1) is 0 Å². The van der Waals surface area contributed by atoms with Gasteiger partial charge in [0.05, 0.1) is 17.4 Å². The number of aromatic nitrogens is 2. The van der Waals surface area contributed by atoms with Gasteiger partial charge in [0.1, 0.15) is 5.58 Å². The van der Waals surface area contributed by atoms with Crippen molar-refractivity contribution < 1.29 is 4.42 Å². The predicted octanol–water partition coefficient (Wildman–Crippen LogP) is 6.28. The zero-order valence-corrected chi connectivity index (χ0v) is 20.8. The van der Waals surface area contributed by atoms with E-state index in [4.69, 9.17) is 9.40 Å². The lowest BCUT2D eigenvalue weighted by atomic mass is 9.95. The molecule has 2 heterocycles. The third-order valence-corrected chi connectivity index (χ3v) is 7.23. The summed E-state index contributed by atoms with van der Waals surface area (Å²) in [6.07, 6.45) is 0. The Kier molecular flexibility index (Phi) is 6.31. The minimum absolute atomic E-state index is 0.0721. The monoisotopic (exact) mass is 482 g/mol. The van der Waals surface area contributed by atoms with Crippen LogP contribution in [0, 0.1) is 6.92 Å². The Hall–Kier alpha value is -3.64. The average molecular weight is 483 g/mol. The summed E-state index contributed by atoms with van der Waals surface area (Å²) in [6, 6.07) is 22.9. The van der Waals surface area contributed by atoms with Crippen LogP contribution in [0.1, 0.15) is 42.0 Å². The fraction of sp³-hybridized carbons (Fsp3) is 0.207. The standard InChI is InChI=1S/C29H26N2O3S/c1-18(2)23-15-24-21(14-27(32)34-26(24)13-19(23)3)17-35-29-30-25-12-8-7-11-22(25)28(33)31(29)16-20-9-5-4-6-10-20/h4-15,18H,16-17H2,1-3H3. The van der Waals surface area contributed by atoms with E-state index in [1.807, 2.05) is 67.6 Å². The molecule has 0 aliphatic carbocycles. The van der Waals surface area contributed by atoms with E-state index in [1.54, 1.807) is 10.6 Å². The SMILES string of the molecule is Cc1cc2oc(=O)cc(CSc3nc4ccccc4c(=O)n3Cc3ccccc3)c2cc1C(C)C. The number of rotatable bonds is 6. The van der Waals surface area contributed by atoms with E-state index in [0.29, 0.717) is 39.9 Å². The Balaban J connectivity index is 1.59. The molecule has 0 aliphatic rings. The Bertz CT molecular complexity index is 1650. The maximum atomic E-state index is 13.4. The van der Waals surface area contributed by atoms with Gasteiger partial charge in [-0.3, -0.25) is 9.36 Å². The summed E-state index contributed by atoms with van der Waals surface area (Å²) in [5, 5.41) is 2.13. The fourth-order valence-corrected chi connectivity index (χ4v) is 5.43. The van der Waals surface area contributed by atoms with E-state index in [-0.39, 0.29) is 11.2 Å². The smallest absolute Gasteiger partial charge is 0.336 e. The van der Waals surface area contributed by atoms with Crippen LogP contribution in [0.5, 0.6) is 0 Å². The zero-order chi connectivity index (χ0) is 24.5. The lowest BCUT2D eigenvalue weighted by Gasteiger charge is -2.15. The van der Waals surface area contributed by atoms with Crippen LogP contribution in [-0.4, -0.2) is 9.55 Å². The Morgan fingerprint density at radius 1 is 0.943 bits per heavy atom. The molecule has 5 aromatic rings. The number of fused-ring (bicyclic) bond motifs is 2. The number of benzene rings is 3. The highest BCUT2D eigenvalue weighted by Crippen LogP contribution is 2.30. The van der Waals surface area contributed by atoms with E-state index in [9.17, 15) is 9.59 Å². The molecule has 0 radical (unpaired) electrons. The number of para-hydroxylation sites is 1. The summed E-state index contributed by atoms with van der Waals surface area (Å²) in [7, 11) is 0. The molecule has 0 unspecified atom stereocenters. The third-order valence-electron chi connectivity index (χ3n) is 6.21. The summed E-state index contributed by atoms with van der Waals surface area (Å²) < 4.78 is 7.24. The quantitative estimate of drug-likeness (QED) is 0.162. The molecule has 176 valence electrons. The molecule has 35 heavy (non-hydrogen) atoms. The molecule has 0 saturated carbocycles. The topological polar surface area (TPSA) is 65.1 Å². The molecule has 0 fully saturated rings. The summed E-state index contributed by atoms with van der Waals surface area (Å²) in [5.74, 6) is 0.840. The first-order chi connectivity index (χ1) is 16.9. The van der Waals surface area contributed by atoms with Crippen molar-refractivity contribution in [2.24, 2.45) is 0 Å². The minimum Gasteiger partial charge on any atom is -0.423 e. The molecule has 0 bridgehead atoms. The highest BCUT2D eigenvalue weighted by atomic mass is 32.2. The van der Waals surface area contributed by atoms with Gasteiger partial charge >= 0.3 is 5.63 Å². The van der Waals surface area contributed by atoms with Crippen LogP contribution >= 0.6 is 11.8 Å². The van der Waals surface area contributed by atoms with Gasteiger partial charge in [-0.05, 0) is 59.4 Å². The maximum absolute atomic E-state index is 13.4. The molecular formula is C29H26N2O3S. The molecular weight excluding hydrogens is 456 g/mol. The van der Waals surface area contributed by atoms with Crippen molar-refractivity contribution in [2.75, 3.05) is 0 Å². The van der Waals surface area contributed by atoms with Crippen molar-refractivity contribution in [1.29, 1.82) is 0 Å². The average Bonchev–Trinajstić information content (AvgIpc) is 2.84. The largest absolute Gasteiger partial charge is 0.423 e. The Labute approximate surface area is 207 Å². The van der Waals surface area contributed by atoms with Crippen LogP contribution in [0.4, 0.5) is 0 Å². The number of hydrogen-bond acceptors (Lipinski definition) is 5. The Morgan fingerprint density at radius 2 is 1.69 bits per heavy atom. The normalized spacial score (nSPS) is 11.5. The van der Waals surface area contributed by atoms with Gasteiger partial charge in [-0.1, -0.05) is 68.1 Å². The molecule has 0 N–H and O–H groups in total. The van der Waals surface area contributed by atoms with Crippen LogP contribution in [0.2, 0.25) is 0 Å². The fourth-order valence-electron chi connectivity index (χ4n) is 4.44. The number of aryl methyl sites for hydroxylation is 1. The molecule has 0 amide bonds. The highest BCUT2D eigenvalue weighted by molar-refractivity contribution is 7.98. The van der Waals surface area contributed by atoms with Crippen molar-refractivity contribution >= 4 is 33.6 Å². The van der Waals surface area contributed by atoms with Crippen molar-refractivity contribution in [3.05, 3.63) is 116 Å². The van der Waals surface area contributed by atoms with E-state index in [0.717, 1.165) is 22.1 Å². The van der Waals surface area contributed by atoms with E-state index in [1.165, 1.54) is 17.3 Å². The second-order valence-electron chi connectivity index (χ2n) is 9.03. The second kappa shape index (κ2) is 9.55. The molecule has 3 aromatic carbocycles. The van der Waals surface area contributed by atoms with Gasteiger partial charge in [-0.2, -0.15) is 0 Å². The van der Waals surface area contributed by atoms with Crippen LogP contribution in [-0.2, 0) is 12.3 Å². The summed E-state index contributed by atoms with van der Waals surface area (Å²) >= 11 is 1.46. The van der Waals surface area contributed by atoms with Gasteiger partial charge in [0.25, 0.3) is 5.56 Å². The molecule has 5 nitrogen and oxygen atoms in total. The van der Waals surface area contributed by atoms with Crippen molar-refractivity contribution in [2.45, 2.75) is 44.1 Å². The van der Waals surface area contributed by atoms with E-state index < -0.39 is 0 Å². The number of nitrogens with zero attached hydrogens (tertiary/aromatic N) is 2. The summed E-state index contributed by atoms with van der Waals surface area (Å²) in [6.45, 7) is 6.78. The number of hydrogen-bond donors (Lipinski definition) is 0. The van der Waals surface area contributed by atoms with Crippen LogP contribution < -0.4 is 11.2 Å². The van der Waals surface area contributed by atoms with Crippen molar-refractivity contribution in [3.8, 4) is 0 Å². The molecule has 0 saturated heterocycles. The third kappa shape index (κ3) is 4.66. The van der Waals surface area contributed by atoms with Crippen LogP contribution in [0.15, 0.2) is 92.0 Å². The second-order valence-corrected chi connectivity index (χ2v) is 9.97. The first-order valence-electron chi connectivity index (χ1n) is 11.6. The first-order valence-corrected chi connectivity index (χ1v) is 12.6. The van der Waals surface area contributed by atoms with Gasteiger partial charge in [0, 0.05) is 17.2 Å². The summed E-state index contributed by atoms with van der Waals surface area (Å²) in [5.41, 5.74) is 5.03. The lowest BCUT2D eigenvalue weighted by molar-refractivity contribution is 0.559. The molecule has 5 rings (SSSR count). The molecule has 2 aromatic heterocycles. The highest BCUT2D eigenvalue weighted by Gasteiger charge is 2.15. The van der Waals surface area contributed by atoms with Crippen LogP contribution in [0.25, 0.3) is 21.9 Å². The van der Waals surface area contributed by atoms with E-state index >= 15 is 0 Å². The predicted molar refractivity (Wildman–Crippen MR) is 142 cm³/mol. The molecule has 0 spiro atoms. The van der Waals surface area contributed by atoms with Crippen LogP contribution in [0.3, 0.4) is 0 Å². The maximum Gasteiger partial charge on any atom is 0.336 e. The lowest BCUT2D eigenvalue weighted by Crippen LogP contribution is -2.24. The van der Waals surface area contributed by atoms with Crippen molar-refractivity contribution in [1.82, 2.24) is 9.55 Å². The zero-order valence-electron chi connectivity index (χ0n) is 19.9. The van der Waals surface area contributed by atoms with Gasteiger partial charge in [0.15, 0.2) is 5.16 Å². The minimum atomic E-state index is -0.377. The van der Waals surface area contributed by atoms with Gasteiger partial charge in [0.2, 0.25) is 0 Å². The molecule has 0 atom stereocenters.